The van der Waals surface area contributed by atoms with Gasteiger partial charge in [0.25, 0.3) is 0 Å². The highest BCUT2D eigenvalue weighted by Crippen LogP contribution is 2.10. The summed E-state index contributed by atoms with van der Waals surface area (Å²) in [6.45, 7) is 8.81. The molecular formula is C18H31IN4. The zero-order valence-corrected chi connectivity index (χ0v) is 17.0. The predicted octanol–water partition coefficient (Wildman–Crippen LogP) is 3.15. The molecule has 1 aromatic rings. The van der Waals surface area contributed by atoms with Crippen molar-refractivity contribution in [2.24, 2.45) is 4.99 Å². The average Bonchev–Trinajstić information content (AvgIpc) is 2.53. The van der Waals surface area contributed by atoms with Crippen LogP contribution in [0, 0.1) is 6.92 Å². The molecule has 0 saturated carbocycles. The van der Waals surface area contributed by atoms with Crippen LogP contribution in [-0.4, -0.2) is 43.6 Å². The minimum Gasteiger partial charge on any atom is -0.354 e. The van der Waals surface area contributed by atoms with Crippen molar-refractivity contribution in [3.63, 3.8) is 0 Å². The molecule has 0 unspecified atom stereocenters. The lowest BCUT2D eigenvalue weighted by Gasteiger charge is -2.32. The first kappa shape index (κ1) is 20.2. The number of guanidine groups is 1. The van der Waals surface area contributed by atoms with Gasteiger partial charge < -0.3 is 15.5 Å². The number of nitrogens with zero attached hydrogens (tertiary/aromatic N) is 2. The zero-order valence-electron chi connectivity index (χ0n) is 14.6. The number of piperidine rings is 1. The number of benzene rings is 1. The number of hydrogen-bond donors (Lipinski definition) is 2. The van der Waals surface area contributed by atoms with Gasteiger partial charge in [-0.15, -0.1) is 24.0 Å². The molecule has 0 radical (unpaired) electrons. The van der Waals surface area contributed by atoms with E-state index in [0.29, 0.717) is 6.04 Å². The Morgan fingerprint density at radius 3 is 2.65 bits per heavy atom. The predicted molar refractivity (Wildman–Crippen MR) is 110 cm³/mol. The Balaban J connectivity index is 0.00000264. The standard InChI is InChI=1S/C18H30N4.HI/c1-4-10-22-11-8-17(9-12-22)21-18(19-3)20-14-16-7-5-6-15(2)13-16;/h5-7,13,17H,4,8-12,14H2,1-3H3,(H2,19,20,21);1H. The molecule has 1 heterocycles. The van der Waals surface area contributed by atoms with Crippen LogP contribution in [-0.2, 0) is 6.54 Å². The van der Waals surface area contributed by atoms with Crippen LogP contribution in [0.5, 0.6) is 0 Å². The van der Waals surface area contributed by atoms with Crippen LogP contribution in [0.25, 0.3) is 0 Å². The van der Waals surface area contributed by atoms with Gasteiger partial charge in [-0.25, -0.2) is 0 Å². The Morgan fingerprint density at radius 2 is 2.04 bits per heavy atom. The topological polar surface area (TPSA) is 39.7 Å². The van der Waals surface area contributed by atoms with Gasteiger partial charge in [0.1, 0.15) is 0 Å². The first-order chi connectivity index (χ1) is 10.7. The second-order valence-electron chi connectivity index (χ2n) is 6.18. The van der Waals surface area contributed by atoms with E-state index < -0.39 is 0 Å². The summed E-state index contributed by atoms with van der Waals surface area (Å²) in [5.41, 5.74) is 2.59. The van der Waals surface area contributed by atoms with Crippen molar-refractivity contribution in [1.29, 1.82) is 0 Å². The van der Waals surface area contributed by atoms with Crippen molar-refractivity contribution < 1.29 is 0 Å². The normalized spacial score (nSPS) is 16.7. The van der Waals surface area contributed by atoms with Crippen molar-refractivity contribution in [3.05, 3.63) is 35.4 Å². The van der Waals surface area contributed by atoms with E-state index in [9.17, 15) is 0 Å². The number of aliphatic imine (C=N–C) groups is 1. The summed E-state index contributed by atoms with van der Waals surface area (Å²) in [5, 5.41) is 6.99. The van der Waals surface area contributed by atoms with Crippen molar-refractivity contribution >= 4 is 29.9 Å². The molecule has 1 aliphatic heterocycles. The molecule has 0 aliphatic carbocycles. The summed E-state index contributed by atoms with van der Waals surface area (Å²) in [7, 11) is 1.85. The summed E-state index contributed by atoms with van der Waals surface area (Å²) >= 11 is 0. The molecule has 0 bridgehead atoms. The van der Waals surface area contributed by atoms with Crippen molar-refractivity contribution in [2.75, 3.05) is 26.7 Å². The first-order valence-electron chi connectivity index (χ1n) is 8.46. The SMILES string of the molecule is CCCN1CCC(NC(=NC)NCc2cccc(C)c2)CC1.I. The highest BCUT2D eigenvalue weighted by atomic mass is 127. The average molecular weight is 430 g/mol. The maximum absolute atomic E-state index is 4.36. The molecule has 0 atom stereocenters. The van der Waals surface area contributed by atoms with Crippen LogP contribution in [0.1, 0.15) is 37.3 Å². The lowest BCUT2D eigenvalue weighted by atomic mass is 10.1. The molecule has 1 aliphatic rings. The van der Waals surface area contributed by atoms with E-state index in [1.807, 2.05) is 7.05 Å². The van der Waals surface area contributed by atoms with Crippen molar-refractivity contribution in [1.82, 2.24) is 15.5 Å². The number of nitrogens with one attached hydrogen (secondary N) is 2. The Kier molecular flexibility index (Phi) is 9.55. The second-order valence-corrected chi connectivity index (χ2v) is 6.18. The second kappa shape index (κ2) is 10.9. The minimum absolute atomic E-state index is 0. The number of rotatable bonds is 5. The van der Waals surface area contributed by atoms with Gasteiger partial charge in [-0.05, 0) is 38.3 Å². The van der Waals surface area contributed by atoms with E-state index >= 15 is 0 Å². The molecule has 0 aromatic heterocycles. The Bertz CT molecular complexity index is 482. The molecule has 1 saturated heterocycles. The third-order valence-electron chi connectivity index (χ3n) is 4.23. The molecule has 5 heteroatoms. The molecular weight excluding hydrogens is 399 g/mol. The van der Waals surface area contributed by atoms with Crippen LogP contribution in [0.15, 0.2) is 29.3 Å². The smallest absolute Gasteiger partial charge is 0.191 e. The molecule has 1 aromatic carbocycles. The largest absolute Gasteiger partial charge is 0.354 e. The van der Waals surface area contributed by atoms with Gasteiger partial charge in [-0.2, -0.15) is 0 Å². The highest BCUT2D eigenvalue weighted by Gasteiger charge is 2.19. The fourth-order valence-corrected chi connectivity index (χ4v) is 3.01. The Morgan fingerprint density at radius 1 is 1.30 bits per heavy atom. The monoisotopic (exact) mass is 430 g/mol. The van der Waals surface area contributed by atoms with E-state index in [0.717, 1.165) is 12.5 Å². The molecule has 0 amide bonds. The highest BCUT2D eigenvalue weighted by molar-refractivity contribution is 14.0. The van der Waals surface area contributed by atoms with Crippen LogP contribution in [0.2, 0.25) is 0 Å². The van der Waals surface area contributed by atoms with Gasteiger partial charge in [0, 0.05) is 32.7 Å². The lowest BCUT2D eigenvalue weighted by molar-refractivity contribution is 0.206. The summed E-state index contributed by atoms with van der Waals surface area (Å²) in [5.74, 6) is 0.912. The third-order valence-corrected chi connectivity index (χ3v) is 4.23. The summed E-state index contributed by atoms with van der Waals surface area (Å²) < 4.78 is 0. The molecule has 1 fully saturated rings. The maximum Gasteiger partial charge on any atom is 0.191 e. The Hall–Kier alpha value is -0.820. The fourth-order valence-electron chi connectivity index (χ4n) is 3.01. The van der Waals surface area contributed by atoms with Crippen molar-refractivity contribution in [3.8, 4) is 0 Å². The zero-order chi connectivity index (χ0) is 15.8. The molecule has 130 valence electrons. The van der Waals surface area contributed by atoms with Gasteiger partial charge in [-0.3, -0.25) is 4.99 Å². The van der Waals surface area contributed by atoms with Crippen LogP contribution >= 0.6 is 24.0 Å². The van der Waals surface area contributed by atoms with Gasteiger partial charge in [0.15, 0.2) is 5.96 Å². The van der Waals surface area contributed by atoms with Gasteiger partial charge >= 0.3 is 0 Å². The minimum atomic E-state index is 0. The van der Waals surface area contributed by atoms with Crippen LogP contribution in [0.4, 0.5) is 0 Å². The summed E-state index contributed by atoms with van der Waals surface area (Å²) in [4.78, 5) is 6.91. The van der Waals surface area contributed by atoms with Crippen LogP contribution < -0.4 is 10.6 Å². The van der Waals surface area contributed by atoms with E-state index in [-0.39, 0.29) is 24.0 Å². The van der Waals surface area contributed by atoms with Gasteiger partial charge in [0.05, 0.1) is 0 Å². The molecule has 2 rings (SSSR count). The number of likely N-dealkylation sites (tertiary alicyclic amines) is 1. The summed E-state index contributed by atoms with van der Waals surface area (Å²) in [6, 6.07) is 9.13. The lowest BCUT2D eigenvalue weighted by Crippen LogP contribution is -2.48. The van der Waals surface area contributed by atoms with E-state index in [1.165, 1.54) is 50.0 Å². The van der Waals surface area contributed by atoms with E-state index in [4.69, 9.17) is 0 Å². The number of aryl methyl sites for hydroxylation is 1. The number of halogens is 1. The van der Waals surface area contributed by atoms with Crippen LogP contribution in [0.3, 0.4) is 0 Å². The molecule has 2 N–H and O–H groups in total. The Labute approximate surface area is 158 Å². The quantitative estimate of drug-likeness (QED) is 0.429. The fraction of sp³-hybridized carbons (Fsp3) is 0.611. The number of hydrogen-bond acceptors (Lipinski definition) is 2. The van der Waals surface area contributed by atoms with Crippen molar-refractivity contribution in [2.45, 2.75) is 45.7 Å². The third kappa shape index (κ3) is 7.08. The van der Waals surface area contributed by atoms with E-state index in [1.54, 1.807) is 0 Å². The summed E-state index contributed by atoms with van der Waals surface area (Å²) in [6.07, 6.45) is 3.65. The first-order valence-corrected chi connectivity index (χ1v) is 8.46. The molecule has 0 spiro atoms. The maximum atomic E-state index is 4.36. The molecule has 4 nitrogen and oxygen atoms in total. The molecule has 23 heavy (non-hydrogen) atoms. The van der Waals surface area contributed by atoms with Gasteiger partial charge in [0.2, 0.25) is 0 Å². The van der Waals surface area contributed by atoms with E-state index in [2.05, 4.69) is 58.6 Å². The van der Waals surface area contributed by atoms with Gasteiger partial charge in [-0.1, -0.05) is 36.8 Å².